The Bertz CT molecular complexity index is 119. The van der Waals surface area contributed by atoms with Gasteiger partial charge in [-0.1, -0.05) is 41.0 Å². The zero-order chi connectivity index (χ0) is 11.0. The van der Waals surface area contributed by atoms with E-state index in [-0.39, 0.29) is 0 Å². The maximum atomic E-state index is 2.62. The second-order valence-electron chi connectivity index (χ2n) is 4.86. The molecule has 1 heteroatoms. The van der Waals surface area contributed by atoms with Gasteiger partial charge in [0.2, 0.25) is 0 Å². The van der Waals surface area contributed by atoms with Gasteiger partial charge in [0, 0.05) is 0 Å². The van der Waals surface area contributed by atoms with Crippen LogP contribution in [0.4, 0.5) is 0 Å². The maximum Gasteiger partial charge on any atom is -0.00136 e. The molecule has 0 amide bonds. The molecule has 0 spiro atoms. The fraction of sp³-hybridized carbons (Fsp3) is 1.00. The van der Waals surface area contributed by atoms with Crippen LogP contribution in [0, 0.1) is 5.41 Å². The van der Waals surface area contributed by atoms with Gasteiger partial charge in [-0.05, 0) is 44.3 Å². The molecule has 1 heterocycles. The van der Waals surface area contributed by atoms with Crippen molar-refractivity contribution in [1.82, 2.24) is 4.90 Å². The van der Waals surface area contributed by atoms with Crippen LogP contribution >= 0.6 is 0 Å². The molecule has 1 aliphatic rings. The Labute approximate surface area is 90.9 Å². The number of rotatable bonds is 3. The van der Waals surface area contributed by atoms with Gasteiger partial charge in [-0.3, -0.25) is 0 Å². The first-order valence-corrected chi connectivity index (χ1v) is 6.36. The second kappa shape index (κ2) is 7.28. The minimum atomic E-state index is 0.614. The van der Waals surface area contributed by atoms with Gasteiger partial charge in [0.25, 0.3) is 0 Å². The Morgan fingerprint density at radius 1 is 1.07 bits per heavy atom. The molecule has 1 saturated heterocycles. The first-order chi connectivity index (χ1) is 6.64. The van der Waals surface area contributed by atoms with Crippen LogP contribution in [-0.4, -0.2) is 24.5 Å². The van der Waals surface area contributed by atoms with E-state index in [0.717, 1.165) is 0 Å². The van der Waals surface area contributed by atoms with Crippen LogP contribution in [0.3, 0.4) is 0 Å². The van der Waals surface area contributed by atoms with E-state index in [1.165, 1.54) is 45.3 Å². The molecule has 0 atom stereocenters. The number of nitrogens with zero attached hydrogens (tertiary/aromatic N) is 1. The van der Waals surface area contributed by atoms with E-state index in [4.69, 9.17) is 0 Å². The van der Waals surface area contributed by atoms with Crippen molar-refractivity contribution in [3.05, 3.63) is 0 Å². The summed E-state index contributed by atoms with van der Waals surface area (Å²) in [6.07, 6.45) is 5.48. The van der Waals surface area contributed by atoms with E-state index in [2.05, 4.69) is 25.7 Å². The van der Waals surface area contributed by atoms with Crippen molar-refractivity contribution in [1.29, 1.82) is 0 Å². The molecular formula is C13H29N. The molecule has 1 fully saturated rings. The Balaban J connectivity index is 0.000000791. The number of likely N-dealkylation sites (tertiary alicyclic amines) is 1. The molecule has 1 rings (SSSR count). The van der Waals surface area contributed by atoms with Gasteiger partial charge in [0.05, 0.1) is 0 Å². The summed E-state index contributed by atoms with van der Waals surface area (Å²) in [5.74, 6) is 0. The summed E-state index contributed by atoms with van der Waals surface area (Å²) in [6.45, 7) is 15.0. The summed E-state index contributed by atoms with van der Waals surface area (Å²) in [5, 5.41) is 0. The normalized spacial score (nSPS) is 21.2. The smallest absolute Gasteiger partial charge is 0.00136 e. The van der Waals surface area contributed by atoms with Crippen molar-refractivity contribution in [3.63, 3.8) is 0 Å². The Morgan fingerprint density at radius 3 is 2.00 bits per heavy atom. The monoisotopic (exact) mass is 199 g/mol. The van der Waals surface area contributed by atoms with E-state index in [1.807, 2.05) is 13.8 Å². The lowest BCUT2D eigenvalue weighted by Crippen LogP contribution is -2.37. The molecule has 0 radical (unpaired) electrons. The lowest BCUT2D eigenvalue weighted by Gasteiger charge is -2.36. The number of hydrogen-bond acceptors (Lipinski definition) is 1. The van der Waals surface area contributed by atoms with Gasteiger partial charge in [0.1, 0.15) is 0 Å². The summed E-state index contributed by atoms with van der Waals surface area (Å²) in [4.78, 5) is 2.62. The van der Waals surface area contributed by atoms with E-state index in [1.54, 1.807) is 0 Å². The highest BCUT2D eigenvalue weighted by atomic mass is 15.1. The van der Waals surface area contributed by atoms with E-state index < -0.39 is 0 Å². The molecule has 86 valence electrons. The first kappa shape index (κ1) is 14.0. The standard InChI is InChI=1S/C11H23N.C2H6/c1-4-5-8-12-9-6-11(2,3)7-10-12;1-2/h4-10H2,1-3H3;1-2H3. The molecule has 1 nitrogen and oxygen atoms in total. The van der Waals surface area contributed by atoms with Crippen molar-refractivity contribution in [2.45, 2.75) is 60.3 Å². The minimum absolute atomic E-state index is 0.614. The van der Waals surface area contributed by atoms with Crippen molar-refractivity contribution in [2.75, 3.05) is 19.6 Å². The predicted molar refractivity (Wildman–Crippen MR) is 65.7 cm³/mol. The summed E-state index contributed by atoms with van der Waals surface area (Å²) < 4.78 is 0. The van der Waals surface area contributed by atoms with Gasteiger partial charge >= 0.3 is 0 Å². The Morgan fingerprint density at radius 2 is 1.57 bits per heavy atom. The highest BCUT2D eigenvalue weighted by Crippen LogP contribution is 2.29. The van der Waals surface area contributed by atoms with Crippen LogP contribution in [0.2, 0.25) is 0 Å². The van der Waals surface area contributed by atoms with Crippen LogP contribution < -0.4 is 0 Å². The Hall–Kier alpha value is -0.0400. The molecule has 0 aromatic heterocycles. The zero-order valence-electron chi connectivity index (χ0n) is 10.9. The van der Waals surface area contributed by atoms with Gasteiger partial charge in [-0.25, -0.2) is 0 Å². The molecule has 0 unspecified atom stereocenters. The van der Waals surface area contributed by atoms with Gasteiger partial charge in [0.15, 0.2) is 0 Å². The molecule has 0 bridgehead atoms. The molecule has 0 aromatic carbocycles. The molecule has 0 N–H and O–H groups in total. The molecule has 0 aliphatic carbocycles. The quantitative estimate of drug-likeness (QED) is 0.665. The van der Waals surface area contributed by atoms with E-state index in [9.17, 15) is 0 Å². The van der Waals surface area contributed by atoms with Crippen LogP contribution in [0.1, 0.15) is 60.3 Å². The molecular weight excluding hydrogens is 170 g/mol. The fourth-order valence-corrected chi connectivity index (χ4v) is 1.76. The summed E-state index contributed by atoms with van der Waals surface area (Å²) in [7, 11) is 0. The van der Waals surface area contributed by atoms with Gasteiger partial charge in [-0.2, -0.15) is 0 Å². The molecule has 0 aromatic rings. The minimum Gasteiger partial charge on any atom is -0.303 e. The summed E-state index contributed by atoms with van der Waals surface area (Å²) >= 11 is 0. The Kier molecular flexibility index (Phi) is 7.26. The van der Waals surface area contributed by atoms with Crippen molar-refractivity contribution < 1.29 is 0 Å². The van der Waals surface area contributed by atoms with E-state index >= 15 is 0 Å². The molecule has 14 heavy (non-hydrogen) atoms. The van der Waals surface area contributed by atoms with E-state index in [0.29, 0.717) is 5.41 Å². The molecule has 1 aliphatic heterocycles. The third kappa shape index (κ3) is 5.64. The van der Waals surface area contributed by atoms with Crippen LogP contribution in [0.15, 0.2) is 0 Å². The maximum absolute atomic E-state index is 2.62. The van der Waals surface area contributed by atoms with Crippen molar-refractivity contribution in [2.24, 2.45) is 5.41 Å². The third-order valence-electron chi connectivity index (χ3n) is 3.04. The predicted octanol–water partition coefficient (Wildman–Crippen LogP) is 3.93. The lowest BCUT2D eigenvalue weighted by molar-refractivity contribution is 0.131. The number of piperidine rings is 1. The van der Waals surface area contributed by atoms with Crippen LogP contribution in [-0.2, 0) is 0 Å². The fourth-order valence-electron chi connectivity index (χ4n) is 1.76. The molecule has 0 saturated carbocycles. The topological polar surface area (TPSA) is 3.24 Å². The van der Waals surface area contributed by atoms with Gasteiger partial charge < -0.3 is 4.90 Å². The number of hydrogen-bond donors (Lipinski definition) is 0. The summed E-state index contributed by atoms with van der Waals surface area (Å²) in [5.41, 5.74) is 0.614. The number of unbranched alkanes of at least 4 members (excludes halogenated alkanes) is 1. The van der Waals surface area contributed by atoms with Crippen LogP contribution in [0.5, 0.6) is 0 Å². The average molecular weight is 199 g/mol. The van der Waals surface area contributed by atoms with Gasteiger partial charge in [-0.15, -0.1) is 0 Å². The van der Waals surface area contributed by atoms with Crippen molar-refractivity contribution >= 4 is 0 Å². The average Bonchev–Trinajstić information content (AvgIpc) is 2.19. The van der Waals surface area contributed by atoms with Crippen LogP contribution in [0.25, 0.3) is 0 Å². The third-order valence-corrected chi connectivity index (χ3v) is 3.04. The highest BCUT2D eigenvalue weighted by Gasteiger charge is 2.24. The van der Waals surface area contributed by atoms with Crippen molar-refractivity contribution in [3.8, 4) is 0 Å². The largest absolute Gasteiger partial charge is 0.303 e. The lowest BCUT2D eigenvalue weighted by atomic mass is 9.83. The second-order valence-corrected chi connectivity index (χ2v) is 4.86. The highest BCUT2D eigenvalue weighted by molar-refractivity contribution is 4.78. The first-order valence-electron chi connectivity index (χ1n) is 6.36. The summed E-state index contributed by atoms with van der Waals surface area (Å²) in [6, 6.07) is 0. The SMILES string of the molecule is CC.CCCCN1CCC(C)(C)CC1. The zero-order valence-corrected chi connectivity index (χ0v) is 10.9.